The topological polar surface area (TPSA) is 26.3 Å². The third kappa shape index (κ3) is 1.87. The first-order chi connectivity index (χ1) is 7.02. The van der Waals surface area contributed by atoms with Crippen molar-refractivity contribution >= 4 is 6.29 Å². The molecule has 0 aliphatic carbocycles. The van der Waals surface area contributed by atoms with Gasteiger partial charge in [-0.2, -0.15) is 0 Å². The van der Waals surface area contributed by atoms with Crippen molar-refractivity contribution in [2.75, 3.05) is 0 Å². The SMILES string of the molecule is CC1(C)CC(C=O)c2ccc(F)cc2O1. The number of aldehydes is 1. The van der Waals surface area contributed by atoms with Crippen LogP contribution in [0.4, 0.5) is 4.39 Å². The van der Waals surface area contributed by atoms with E-state index >= 15 is 0 Å². The van der Waals surface area contributed by atoms with Gasteiger partial charge in [0.05, 0.1) is 0 Å². The first-order valence-electron chi connectivity index (χ1n) is 4.95. The van der Waals surface area contributed by atoms with Gasteiger partial charge in [-0.1, -0.05) is 6.07 Å². The highest BCUT2D eigenvalue weighted by Crippen LogP contribution is 2.39. The smallest absolute Gasteiger partial charge is 0.127 e. The van der Waals surface area contributed by atoms with Crippen molar-refractivity contribution in [3.63, 3.8) is 0 Å². The van der Waals surface area contributed by atoms with E-state index in [0.29, 0.717) is 12.2 Å². The molecule has 1 heterocycles. The van der Waals surface area contributed by atoms with E-state index in [4.69, 9.17) is 4.74 Å². The molecule has 0 spiro atoms. The number of rotatable bonds is 1. The summed E-state index contributed by atoms with van der Waals surface area (Å²) in [5, 5.41) is 0. The number of halogens is 1. The van der Waals surface area contributed by atoms with Crippen LogP contribution in [0.2, 0.25) is 0 Å². The minimum absolute atomic E-state index is 0.190. The molecule has 1 aliphatic rings. The van der Waals surface area contributed by atoms with E-state index in [1.54, 1.807) is 6.07 Å². The van der Waals surface area contributed by atoms with Crippen molar-refractivity contribution < 1.29 is 13.9 Å². The quantitative estimate of drug-likeness (QED) is 0.663. The second-order valence-electron chi connectivity index (χ2n) is 4.49. The van der Waals surface area contributed by atoms with Gasteiger partial charge in [0.25, 0.3) is 0 Å². The van der Waals surface area contributed by atoms with Crippen LogP contribution in [0.1, 0.15) is 31.7 Å². The molecule has 1 unspecified atom stereocenters. The second kappa shape index (κ2) is 3.33. The van der Waals surface area contributed by atoms with Gasteiger partial charge in [0.1, 0.15) is 23.5 Å². The Morgan fingerprint density at radius 1 is 1.53 bits per heavy atom. The van der Waals surface area contributed by atoms with Crippen LogP contribution in [0.25, 0.3) is 0 Å². The maximum atomic E-state index is 13.0. The third-order valence-corrected chi connectivity index (χ3v) is 2.64. The molecule has 0 aromatic heterocycles. The zero-order chi connectivity index (χ0) is 11.1. The third-order valence-electron chi connectivity index (χ3n) is 2.64. The molecular weight excluding hydrogens is 195 g/mol. The van der Waals surface area contributed by atoms with Crippen LogP contribution >= 0.6 is 0 Å². The zero-order valence-corrected chi connectivity index (χ0v) is 8.79. The van der Waals surface area contributed by atoms with E-state index in [-0.39, 0.29) is 11.7 Å². The fourth-order valence-electron chi connectivity index (χ4n) is 2.00. The summed E-state index contributed by atoms with van der Waals surface area (Å²) < 4.78 is 18.6. The summed E-state index contributed by atoms with van der Waals surface area (Å²) in [5.41, 5.74) is 0.373. The van der Waals surface area contributed by atoms with Gasteiger partial charge >= 0.3 is 0 Å². The number of benzene rings is 1. The van der Waals surface area contributed by atoms with E-state index in [0.717, 1.165) is 11.8 Å². The van der Waals surface area contributed by atoms with Gasteiger partial charge in [-0.15, -0.1) is 0 Å². The molecule has 1 aliphatic heterocycles. The Kier molecular flexibility index (Phi) is 2.25. The summed E-state index contributed by atoms with van der Waals surface area (Å²) >= 11 is 0. The van der Waals surface area contributed by atoms with Gasteiger partial charge in [0, 0.05) is 24.0 Å². The lowest BCUT2D eigenvalue weighted by atomic mass is 9.85. The molecule has 80 valence electrons. The summed E-state index contributed by atoms with van der Waals surface area (Å²) in [6, 6.07) is 4.32. The highest BCUT2D eigenvalue weighted by Gasteiger charge is 2.33. The summed E-state index contributed by atoms with van der Waals surface area (Å²) in [6.45, 7) is 3.80. The standard InChI is InChI=1S/C12H13FO2/c1-12(2)6-8(7-14)10-4-3-9(13)5-11(10)15-12/h3-5,7-8H,6H2,1-2H3. The zero-order valence-electron chi connectivity index (χ0n) is 8.79. The summed E-state index contributed by atoms with van der Waals surface area (Å²) in [6.07, 6.45) is 1.54. The number of fused-ring (bicyclic) bond motifs is 1. The highest BCUT2D eigenvalue weighted by atomic mass is 19.1. The number of carbonyl (C=O) groups excluding carboxylic acids is 1. The monoisotopic (exact) mass is 208 g/mol. The molecule has 0 radical (unpaired) electrons. The number of hydrogen-bond donors (Lipinski definition) is 0. The molecular formula is C12H13FO2. The Balaban J connectivity index is 2.49. The summed E-state index contributed by atoms with van der Waals surface area (Å²) in [7, 11) is 0. The van der Waals surface area contributed by atoms with Crippen molar-refractivity contribution in [2.45, 2.75) is 31.8 Å². The molecule has 0 bridgehead atoms. The van der Waals surface area contributed by atoms with Crippen LogP contribution in [0.15, 0.2) is 18.2 Å². The average molecular weight is 208 g/mol. The van der Waals surface area contributed by atoms with Gasteiger partial charge in [-0.3, -0.25) is 0 Å². The molecule has 0 N–H and O–H groups in total. The molecule has 0 amide bonds. The number of hydrogen-bond acceptors (Lipinski definition) is 2. The minimum Gasteiger partial charge on any atom is -0.487 e. The molecule has 1 atom stereocenters. The van der Waals surface area contributed by atoms with Crippen molar-refractivity contribution in [1.82, 2.24) is 0 Å². The molecule has 0 saturated heterocycles. The molecule has 1 aromatic carbocycles. The fraction of sp³-hybridized carbons (Fsp3) is 0.417. The lowest BCUT2D eigenvalue weighted by Crippen LogP contribution is -2.35. The number of ether oxygens (including phenoxy) is 1. The Hall–Kier alpha value is -1.38. The van der Waals surface area contributed by atoms with Crippen molar-refractivity contribution in [3.05, 3.63) is 29.6 Å². The summed E-state index contributed by atoms with van der Waals surface area (Å²) in [5.74, 6) is -0.0381. The summed E-state index contributed by atoms with van der Waals surface area (Å²) in [4.78, 5) is 10.9. The largest absolute Gasteiger partial charge is 0.487 e. The van der Waals surface area contributed by atoms with Crippen LogP contribution < -0.4 is 4.74 Å². The Bertz CT molecular complexity index is 399. The predicted octanol–water partition coefficient (Wildman–Crippen LogP) is 2.67. The van der Waals surface area contributed by atoms with Gasteiger partial charge in [0.15, 0.2) is 0 Å². The van der Waals surface area contributed by atoms with Crippen LogP contribution in [0, 0.1) is 5.82 Å². The predicted molar refractivity (Wildman–Crippen MR) is 54.5 cm³/mol. The normalized spacial score (nSPS) is 22.7. The fourth-order valence-corrected chi connectivity index (χ4v) is 2.00. The second-order valence-corrected chi connectivity index (χ2v) is 4.49. The first-order valence-corrected chi connectivity index (χ1v) is 4.95. The minimum atomic E-state index is -0.410. The molecule has 0 saturated carbocycles. The van der Waals surface area contributed by atoms with Gasteiger partial charge in [-0.25, -0.2) is 4.39 Å². The van der Waals surface area contributed by atoms with Crippen LogP contribution in [0.5, 0.6) is 5.75 Å². The lowest BCUT2D eigenvalue weighted by molar-refractivity contribution is -0.110. The van der Waals surface area contributed by atoms with E-state index in [1.807, 2.05) is 13.8 Å². The van der Waals surface area contributed by atoms with Gasteiger partial charge < -0.3 is 9.53 Å². The van der Waals surface area contributed by atoms with E-state index in [2.05, 4.69) is 0 Å². The van der Waals surface area contributed by atoms with Crippen LogP contribution in [0.3, 0.4) is 0 Å². The molecule has 0 fully saturated rings. The van der Waals surface area contributed by atoms with Crippen LogP contribution in [-0.4, -0.2) is 11.9 Å². The number of carbonyl (C=O) groups is 1. The Labute approximate surface area is 88.1 Å². The van der Waals surface area contributed by atoms with E-state index < -0.39 is 5.60 Å². The van der Waals surface area contributed by atoms with Gasteiger partial charge in [0.2, 0.25) is 0 Å². The van der Waals surface area contributed by atoms with E-state index in [1.165, 1.54) is 12.1 Å². The molecule has 2 rings (SSSR count). The molecule has 2 nitrogen and oxygen atoms in total. The van der Waals surface area contributed by atoms with E-state index in [9.17, 15) is 9.18 Å². The Morgan fingerprint density at radius 2 is 2.27 bits per heavy atom. The van der Waals surface area contributed by atoms with Gasteiger partial charge in [-0.05, 0) is 19.9 Å². The highest BCUT2D eigenvalue weighted by molar-refractivity contribution is 5.65. The molecule has 15 heavy (non-hydrogen) atoms. The molecule has 3 heteroatoms. The molecule has 1 aromatic rings. The maximum absolute atomic E-state index is 13.0. The van der Waals surface area contributed by atoms with Crippen LogP contribution in [-0.2, 0) is 4.79 Å². The van der Waals surface area contributed by atoms with Crippen molar-refractivity contribution in [2.24, 2.45) is 0 Å². The van der Waals surface area contributed by atoms with Crippen molar-refractivity contribution in [1.29, 1.82) is 0 Å². The maximum Gasteiger partial charge on any atom is 0.127 e. The van der Waals surface area contributed by atoms with Crippen molar-refractivity contribution in [3.8, 4) is 5.75 Å². The Morgan fingerprint density at radius 3 is 2.93 bits per heavy atom. The lowest BCUT2D eigenvalue weighted by Gasteiger charge is -2.35. The average Bonchev–Trinajstić information content (AvgIpc) is 2.14. The first kappa shape index (κ1) is 10.1.